The van der Waals surface area contributed by atoms with Crippen molar-refractivity contribution in [2.75, 3.05) is 12.4 Å². The second-order valence-electron chi connectivity index (χ2n) is 2.16. The number of aromatic nitrogens is 1. The zero-order valence-corrected chi connectivity index (χ0v) is 8.41. The van der Waals surface area contributed by atoms with Crippen LogP contribution in [0.3, 0.4) is 0 Å². The molecule has 0 radical (unpaired) electrons. The highest BCUT2D eigenvalue weighted by Crippen LogP contribution is 2.07. The Morgan fingerprint density at radius 2 is 2.42 bits per heavy atom. The first-order valence-electron chi connectivity index (χ1n) is 3.60. The lowest BCUT2D eigenvalue weighted by Gasteiger charge is -1.97. The van der Waals surface area contributed by atoms with Crippen molar-refractivity contribution in [3.8, 4) is 5.88 Å². The first-order chi connectivity index (χ1) is 5.86. The molecule has 0 spiro atoms. The summed E-state index contributed by atoms with van der Waals surface area (Å²) >= 11 is 3.30. The fourth-order valence-electron chi connectivity index (χ4n) is 0.803. The third kappa shape index (κ3) is 2.66. The molecule has 1 aromatic heterocycles. The van der Waals surface area contributed by atoms with Crippen molar-refractivity contribution in [2.45, 2.75) is 0 Å². The molecule has 12 heavy (non-hydrogen) atoms. The smallest absolute Gasteiger partial charge is 0.213 e. The van der Waals surface area contributed by atoms with Gasteiger partial charge < -0.3 is 4.74 Å². The van der Waals surface area contributed by atoms with Crippen LogP contribution in [0, 0.1) is 0 Å². The number of allylic oxidation sites excluding steroid dienone is 1. The van der Waals surface area contributed by atoms with E-state index >= 15 is 0 Å². The summed E-state index contributed by atoms with van der Waals surface area (Å²) in [6.07, 6.45) is 3.93. The van der Waals surface area contributed by atoms with E-state index in [1.54, 1.807) is 7.11 Å². The quantitative estimate of drug-likeness (QED) is 0.741. The Morgan fingerprint density at radius 3 is 3.08 bits per heavy atom. The number of alkyl halides is 1. The average molecular weight is 228 g/mol. The molecule has 0 aromatic carbocycles. The van der Waals surface area contributed by atoms with E-state index in [-0.39, 0.29) is 0 Å². The van der Waals surface area contributed by atoms with Crippen LogP contribution in [0.5, 0.6) is 5.88 Å². The number of rotatable bonds is 3. The molecule has 1 heterocycles. The van der Waals surface area contributed by atoms with Gasteiger partial charge in [0.15, 0.2) is 0 Å². The molecule has 0 N–H and O–H groups in total. The van der Waals surface area contributed by atoms with Gasteiger partial charge in [0, 0.05) is 11.4 Å². The van der Waals surface area contributed by atoms with Gasteiger partial charge in [-0.3, -0.25) is 0 Å². The Morgan fingerprint density at radius 1 is 1.58 bits per heavy atom. The lowest BCUT2D eigenvalue weighted by Crippen LogP contribution is -1.88. The van der Waals surface area contributed by atoms with E-state index in [1.165, 1.54) is 0 Å². The summed E-state index contributed by atoms with van der Waals surface area (Å²) < 4.78 is 4.98. The maximum Gasteiger partial charge on any atom is 0.213 e. The van der Waals surface area contributed by atoms with Gasteiger partial charge in [-0.05, 0) is 12.1 Å². The third-order valence-corrected chi connectivity index (χ3v) is 1.71. The predicted octanol–water partition coefficient (Wildman–Crippen LogP) is 2.50. The molecule has 0 unspecified atom stereocenters. The van der Waals surface area contributed by atoms with Crippen LogP contribution in [0.1, 0.15) is 5.69 Å². The fraction of sp³-hybridized carbons (Fsp3) is 0.222. The largest absolute Gasteiger partial charge is 0.481 e. The zero-order chi connectivity index (χ0) is 8.81. The van der Waals surface area contributed by atoms with E-state index in [0.29, 0.717) is 5.88 Å². The summed E-state index contributed by atoms with van der Waals surface area (Å²) in [6.45, 7) is 0. The van der Waals surface area contributed by atoms with Gasteiger partial charge in [-0.1, -0.05) is 28.1 Å². The molecule has 0 aliphatic rings. The summed E-state index contributed by atoms with van der Waals surface area (Å²) in [5.74, 6) is 0.645. The van der Waals surface area contributed by atoms with Crippen molar-refractivity contribution in [3.05, 3.63) is 30.0 Å². The summed E-state index contributed by atoms with van der Waals surface area (Å²) in [7, 11) is 1.61. The Hall–Kier alpha value is -0.830. The molecule has 0 aliphatic carbocycles. The zero-order valence-electron chi connectivity index (χ0n) is 6.83. The Labute approximate surface area is 80.4 Å². The minimum atomic E-state index is 0.645. The molecule has 0 saturated carbocycles. The van der Waals surface area contributed by atoms with Crippen molar-refractivity contribution in [1.82, 2.24) is 4.98 Å². The standard InChI is InChI=1S/C9H10BrNO/c1-12-9-6-2-4-8(11-9)5-3-7-10/h2-6H,7H2,1H3. The molecule has 0 saturated heterocycles. The minimum Gasteiger partial charge on any atom is -0.481 e. The second kappa shape index (κ2) is 4.93. The molecule has 0 atom stereocenters. The van der Waals surface area contributed by atoms with Gasteiger partial charge >= 0.3 is 0 Å². The van der Waals surface area contributed by atoms with E-state index < -0.39 is 0 Å². The van der Waals surface area contributed by atoms with Crippen LogP contribution in [0.4, 0.5) is 0 Å². The minimum absolute atomic E-state index is 0.645. The first kappa shape index (κ1) is 9.26. The van der Waals surface area contributed by atoms with E-state index in [9.17, 15) is 0 Å². The van der Waals surface area contributed by atoms with Gasteiger partial charge in [0.05, 0.1) is 12.8 Å². The number of hydrogen-bond acceptors (Lipinski definition) is 2. The molecule has 0 amide bonds. The van der Waals surface area contributed by atoms with Crippen LogP contribution >= 0.6 is 15.9 Å². The molecule has 1 aromatic rings. The van der Waals surface area contributed by atoms with Gasteiger partial charge in [-0.15, -0.1) is 0 Å². The number of hydrogen-bond donors (Lipinski definition) is 0. The predicted molar refractivity (Wildman–Crippen MR) is 53.6 cm³/mol. The molecular weight excluding hydrogens is 218 g/mol. The van der Waals surface area contributed by atoms with Crippen molar-refractivity contribution >= 4 is 22.0 Å². The molecule has 3 heteroatoms. The normalized spacial score (nSPS) is 10.5. The van der Waals surface area contributed by atoms with Crippen LogP contribution in [0.25, 0.3) is 6.08 Å². The summed E-state index contributed by atoms with van der Waals surface area (Å²) in [5, 5.41) is 0.839. The van der Waals surface area contributed by atoms with E-state index in [1.807, 2.05) is 30.4 Å². The second-order valence-corrected chi connectivity index (χ2v) is 2.81. The maximum absolute atomic E-state index is 4.98. The SMILES string of the molecule is COc1cccc(C=CCBr)n1. The lowest BCUT2D eigenvalue weighted by atomic mass is 10.3. The van der Waals surface area contributed by atoms with E-state index in [4.69, 9.17) is 4.74 Å². The van der Waals surface area contributed by atoms with Crippen LogP contribution in [-0.2, 0) is 0 Å². The van der Waals surface area contributed by atoms with Gasteiger partial charge in [-0.25, -0.2) is 4.98 Å². The van der Waals surface area contributed by atoms with E-state index in [0.717, 1.165) is 11.0 Å². The molecule has 64 valence electrons. The number of ether oxygens (including phenoxy) is 1. The summed E-state index contributed by atoms with van der Waals surface area (Å²) in [5.41, 5.74) is 0.911. The van der Waals surface area contributed by atoms with Gasteiger partial charge in [0.1, 0.15) is 0 Å². The van der Waals surface area contributed by atoms with Crippen molar-refractivity contribution in [3.63, 3.8) is 0 Å². The van der Waals surface area contributed by atoms with Gasteiger partial charge in [0.2, 0.25) is 5.88 Å². The Bertz CT molecular complexity index is 273. The average Bonchev–Trinajstić information content (AvgIpc) is 2.15. The highest BCUT2D eigenvalue weighted by Gasteiger charge is 1.91. The maximum atomic E-state index is 4.98. The summed E-state index contributed by atoms with van der Waals surface area (Å²) in [6, 6.07) is 5.67. The Balaban J connectivity index is 2.79. The lowest BCUT2D eigenvalue weighted by molar-refractivity contribution is 0.397. The highest BCUT2D eigenvalue weighted by atomic mass is 79.9. The van der Waals surface area contributed by atoms with Crippen molar-refractivity contribution in [1.29, 1.82) is 0 Å². The topological polar surface area (TPSA) is 22.1 Å². The monoisotopic (exact) mass is 227 g/mol. The first-order valence-corrected chi connectivity index (χ1v) is 4.72. The van der Waals surface area contributed by atoms with Crippen LogP contribution in [0.15, 0.2) is 24.3 Å². The van der Waals surface area contributed by atoms with E-state index in [2.05, 4.69) is 20.9 Å². The summed E-state index contributed by atoms with van der Waals surface area (Å²) in [4.78, 5) is 4.20. The molecular formula is C9H10BrNO. The molecule has 0 bridgehead atoms. The highest BCUT2D eigenvalue weighted by molar-refractivity contribution is 9.09. The van der Waals surface area contributed by atoms with Gasteiger partial charge in [-0.2, -0.15) is 0 Å². The third-order valence-electron chi connectivity index (χ3n) is 1.33. The Kier molecular flexibility index (Phi) is 3.80. The molecule has 0 aliphatic heterocycles. The van der Waals surface area contributed by atoms with Crippen LogP contribution < -0.4 is 4.74 Å². The molecule has 2 nitrogen and oxygen atoms in total. The van der Waals surface area contributed by atoms with Crippen molar-refractivity contribution < 1.29 is 4.74 Å². The van der Waals surface area contributed by atoms with Gasteiger partial charge in [0.25, 0.3) is 0 Å². The number of nitrogens with zero attached hydrogens (tertiary/aromatic N) is 1. The van der Waals surface area contributed by atoms with Crippen LogP contribution in [0.2, 0.25) is 0 Å². The number of halogens is 1. The molecule has 1 rings (SSSR count). The van der Waals surface area contributed by atoms with Crippen molar-refractivity contribution in [2.24, 2.45) is 0 Å². The number of methoxy groups -OCH3 is 1. The van der Waals surface area contributed by atoms with Crippen LogP contribution in [-0.4, -0.2) is 17.4 Å². The molecule has 0 fully saturated rings. The fourth-order valence-corrected chi connectivity index (χ4v) is 0.990. The number of pyridine rings is 1.